The Morgan fingerprint density at radius 3 is 2.44 bits per heavy atom. The van der Waals surface area contributed by atoms with Gasteiger partial charge < -0.3 is 9.84 Å². The normalized spacial score (nSPS) is 12.2. The van der Waals surface area contributed by atoms with E-state index in [9.17, 15) is 5.11 Å². The second-order valence-electron chi connectivity index (χ2n) is 3.89. The third-order valence-electron chi connectivity index (χ3n) is 2.48. The molecule has 0 aliphatic carbocycles. The van der Waals surface area contributed by atoms with E-state index in [2.05, 4.69) is 0 Å². The van der Waals surface area contributed by atoms with Crippen LogP contribution >= 0.6 is 23.2 Å². The number of hydrogen-bond acceptors (Lipinski definition) is 2. The van der Waals surface area contributed by atoms with E-state index in [1.54, 1.807) is 31.2 Å². The first-order valence-corrected chi connectivity index (χ1v) is 6.23. The molecule has 0 bridgehead atoms. The molecule has 0 saturated heterocycles. The molecule has 0 aliphatic heterocycles. The summed E-state index contributed by atoms with van der Waals surface area (Å²) in [7, 11) is 0. The minimum Gasteiger partial charge on any atom is -0.455 e. The molecule has 0 unspecified atom stereocenters. The van der Waals surface area contributed by atoms with Crippen molar-refractivity contribution in [2.24, 2.45) is 0 Å². The van der Waals surface area contributed by atoms with Gasteiger partial charge in [0.15, 0.2) is 0 Å². The standard InChI is InChI=1S/C14H12Cl2O2/c1-9(17)11-4-2-3-5-13(11)18-14-7-6-10(15)8-12(14)16/h2-9,17H,1H3/t9-/m1/s1. The van der Waals surface area contributed by atoms with E-state index in [1.807, 2.05) is 18.2 Å². The van der Waals surface area contributed by atoms with Gasteiger partial charge in [-0.05, 0) is 31.2 Å². The van der Waals surface area contributed by atoms with Crippen LogP contribution in [0.3, 0.4) is 0 Å². The van der Waals surface area contributed by atoms with E-state index in [4.69, 9.17) is 27.9 Å². The van der Waals surface area contributed by atoms with Gasteiger partial charge >= 0.3 is 0 Å². The molecule has 0 spiro atoms. The van der Waals surface area contributed by atoms with Crippen molar-refractivity contribution in [2.75, 3.05) is 0 Å². The number of benzene rings is 2. The smallest absolute Gasteiger partial charge is 0.146 e. The zero-order valence-electron chi connectivity index (χ0n) is 9.73. The van der Waals surface area contributed by atoms with Gasteiger partial charge in [0.25, 0.3) is 0 Å². The zero-order chi connectivity index (χ0) is 13.1. The molecular formula is C14H12Cl2O2. The molecule has 2 nitrogen and oxygen atoms in total. The van der Waals surface area contributed by atoms with Gasteiger partial charge in [-0.15, -0.1) is 0 Å². The first-order chi connectivity index (χ1) is 8.58. The van der Waals surface area contributed by atoms with Crippen molar-refractivity contribution in [2.45, 2.75) is 13.0 Å². The summed E-state index contributed by atoms with van der Waals surface area (Å²) in [6, 6.07) is 12.3. The van der Waals surface area contributed by atoms with Gasteiger partial charge in [0, 0.05) is 10.6 Å². The minimum absolute atomic E-state index is 0.433. The van der Waals surface area contributed by atoms with E-state index in [0.29, 0.717) is 27.1 Å². The van der Waals surface area contributed by atoms with Crippen LogP contribution in [0.25, 0.3) is 0 Å². The average molecular weight is 283 g/mol. The quantitative estimate of drug-likeness (QED) is 0.873. The Kier molecular flexibility index (Phi) is 4.12. The predicted molar refractivity (Wildman–Crippen MR) is 73.6 cm³/mol. The molecule has 18 heavy (non-hydrogen) atoms. The Hall–Kier alpha value is -1.22. The fourth-order valence-corrected chi connectivity index (χ4v) is 2.04. The van der Waals surface area contributed by atoms with Crippen molar-refractivity contribution >= 4 is 23.2 Å². The van der Waals surface area contributed by atoms with Crippen LogP contribution < -0.4 is 4.74 Å². The Bertz CT molecular complexity index is 553. The molecule has 4 heteroatoms. The fraction of sp³-hybridized carbons (Fsp3) is 0.143. The number of para-hydroxylation sites is 1. The lowest BCUT2D eigenvalue weighted by molar-refractivity contribution is 0.195. The van der Waals surface area contributed by atoms with E-state index in [0.717, 1.165) is 0 Å². The lowest BCUT2D eigenvalue weighted by atomic mass is 10.1. The van der Waals surface area contributed by atoms with Crippen LogP contribution in [0.15, 0.2) is 42.5 Å². The van der Waals surface area contributed by atoms with Crippen molar-refractivity contribution in [1.82, 2.24) is 0 Å². The van der Waals surface area contributed by atoms with Gasteiger partial charge in [0.05, 0.1) is 11.1 Å². The molecule has 0 radical (unpaired) electrons. The molecule has 0 aliphatic rings. The van der Waals surface area contributed by atoms with Crippen LogP contribution in [0.4, 0.5) is 0 Å². The molecule has 0 fully saturated rings. The summed E-state index contributed by atoms with van der Waals surface area (Å²) in [5.41, 5.74) is 0.712. The zero-order valence-corrected chi connectivity index (χ0v) is 11.2. The second-order valence-corrected chi connectivity index (χ2v) is 4.73. The molecule has 0 saturated carbocycles. The fourth-order valence-electron chi connectivity index (χ4n) is 1.60. The minimum atomic E-state index is -0.604. The van der Waals surface area contributed by atoms with Crippen LogP contribution in [-0.4, -0.2) is 5.11 Å². The molecule has 2 aromatic rings. The van der Waals surface area contributed by atoms with Gasteiger partial charge in [-0.2, -0.15) is 0 Å². The maximum atomic E-state index is 9.66. The molecule has 1 atom stereocenters. The third-order valence-corrected chi connectivity index (χ3v) is 3.01. The number of aliphatic hydroxyl groups is 1. The summed E-state index contributed by atoms with van der Waals surface area (Å²) >= 11 is 11.9. The van der Waals surface area contributed by atoms with Gasteiger partial charge in [0.2, 0.25) is 0 Å². The van der Waals surface area contributed by atoms with E-state index < -0.39 is 6.10 Å². The van der Waals surface area contributed by atoms with Gasteiger partial charge in [-0.3, -0.25) is 0 Å². The highest BCUT2D eigenvalue weighted by atomic mass is 35.5. The summed E-state index contributed by atoms with van der Waals surface area (Å²) in [6.07, 6.45) is -0.604. The molecule has 2 aromatic carbocycles. The summed E-state index contributed by atoms with van der Waals surface area (Å²) in [6.45, 7) is 1.69. The Morgan fingerprint density at radius 2 is 1.78 bits per heavy atom. The summed E-state index contributed by atoms with van der Waals surface area (Å²) in [5.74, 6) is 1.09. The van der Waals surface area contributed by atoms with Crippen molar-refractivity contribution in [3.63, 3.8) is 0 Å². The number of hydrogen-bond donors (Lipinski definition) is 1. The molecule has 0 amide bonds. The SMILES string of the molecule is C[C@@H](O)c1ccccc1Oc1ccc(Cl)cc1Cl. The first kappa shape index (κ1) is 13.2. The summed E-state index contributed by atoms with van der Waals surface area (Å²) in [5, 5.41) is 10.6. The number of halogens is 2. The highest BCUT2D eigenvalue weighted by molar-refractivity contribution is 6.35. The third kappa shape index (κ3) is 2.96. The van der Waals surface area contributed by atoms with Crippen LogP contribution in [0.2, 0.25) is 10.0 Å². The molecule has 94 valence electrons. The summed E-state index contributed by atoms with van der Waals surface area (Å²) < 4.78 is 5.71. The van der Waals surface area contributed by atoms with Gasteiger partial charge in [-0.1, -0.05) is 41.4 Å². The second kappa shape index (κ2) is 5.61. The average Bonchev–Trinajstić information content (AvgIpc) is 2.33. The van der Waals surface area contributed by atoms with Crippen molar-refractivity contribution in [3.8, 4) is 11.5 Å². The largest absolute Gasteiger partial charge is 0.455 e. The van der Waals surface area contributed by atoms with Crippen LogP contribution in [0.5, 0.6) is 11.5 Å². The molecule has 0 aromatic heterocycles. The Balaban J connectivity index is 2.34. The number of ether oxygens (including phenoxy) is 1. The van der Waals surface area contributed by atoms with Crippen molar-refractivity contribution in [3.05, 3.63) is 58.1 Å². The lowest BCUT2D eigenvalue weighted by Crippen LogP contribution is -1.96. The van der Waals surface area contributed by atoms with Crippen LogP contribution in [0, 0.1) is 0 Å². The highest BCUT2D eigenvalue weighted by Gasteiger charge is 2.10. The predicted octanol–water partition coefficient (Wildman–Crippen LogP) is 4.84. The Labute approximate surface area is 116 Å². The molecule has 2 rings (SSSR count). The lowest BCUT2D eigenvalue weighted by Gasteiger charge is -2.13. The maximum absolute atomic E-state index is 9.66. The van der Waals surface area contributed by atoms with Gasteiger partial charge in [0.1, 0.15) is 11.5 Å². The van der Waals surface area contributed by atoms with Crippen molar-refractivity contribution < 1.29 is 9.84 Å². The van der Waals surface area contributed by atoms with E-state index in [1.165, 1.54) is 0 Å². The monoisotopic (exact) mass is 282 g/mol. The topological polar surface area (TPSA) is 29.5 Å². The summed E-state index contributed by atoms with van der Waals surface area (Å²) in [4.78, 5) is 0. The first-order valence-electron chi connectivity index (χ1n) is 5.48. The van der Waals surface area contributed by atoms with Crippen LogP contribution in [-0.2, 0) is 0 Å². The number of rotatable bonds is 3. The van der Waals surface area contributed by atoms with Gasteiger partial charge in [-0.25, -0.2) is 0 Å². The molecular weight excluding hydrogens is 271 g/mol. The highest BCUT2D eigenvalue weighted by Crippen LogP contribution is 2.34. The molecule has 1 N–H and O–H groups in total. The molecule has 0 heterocycles. The van der Waals surface area contributed by atoms with E-state index >= 15 is 0 Å². The van der Waals surface area contributed by atoms with Crippen LogP contribution in [0.1, 0.15) is 18.6 Å². The Morgan fingerprint density at radius 1 is 1.06 bits per heavy atom. The van der Waals surface area contributed by atoms with E-state index in [-0.39, 0.29) is 0 Å². The number of aliphatic hydroxyl groups excluding tert-OH is 1. The van der Waals surface area contributed by atoms with Crippen molar-refractivity contribution in [1.29, 1.82) is 0 Å². The maximum Gasteiger partial charge on any atom is 0.146 e.